The van der Waals surface area contributed by atoms with Gasteiger partial charge in [-0.25, -0.2) is 4.98 Å². The molecular formula is C18H23N3OS. The zero-order valence-corrected chi connectivity index (χ0v) is 14.3. The van der Waals surface area contributed by atoms with Gasteiger partial charge in [-0.2, -0.15) is 0 Å². The first-order valence-electron chi connectivity index (χ1n) is 8.55. The van der Waals surface area contributed by atoms with Crippen LogP contribution in [0.4, 0.5) is 0 Å². The van der Waals surface area contributed by atoms with Crippen LogP contribution in [-0.2, 0) is 4.79 Å². The number of carbonyl (C=O) groups is 1. The van der Waals surface area contributed by atoms with E-state index in [4.69, 9.17) is 0 Å². The molecule has 0 aromatic carbocycles. The highest BCUT2D eigenvalue weighted by Gasteiger charge is 2.42. The third kappa shape index (κ3) is 2.99. The van der Waals surface area contributed by atoms with E-state index >= 15 is 0 Å². The summed E-state index contributed by atoms with van der Waals surface area (Å²) in [6.45, 7) is 2.18. The van der Waals surface area contributed by atoms with Crippen molar-refractivity contribution < 1.29 is 4.79 Å². The van der Waals surface area contributed by atoms with Gasteiger partial charge in [-0.05, 0) is 56.1 Å². The van der Waals surface area contributed by atoms with Gasteiger partial charge in [0.2, 0.25) is 5.91 Å². The van der Waals surface area contributed by atoms with Crippen molar-refractivity contribution in [2.75, 3.05) is 5.75 Å². The number of hydrogen-bond acceptors (Lipinski definition) is 3. The fraction of sp³-hybridized carbons (Fsp3) is 0.556. The lowest BCUT2D eigenvalue weighted by Gasteiger charge is -2.28. The number of rotatable bonds is 5. The Balaban J connectivity index is 1.32. The highest BCUT2D eigenvalue weighted by atomic mass is 32.2. The molecule has 1 amide bonds. The molecule has 0 spiro atoms. The summed E-state index contributed by atoms with van der Waals surface area (Å²) in [6, 6.07) is 6.30. The number of pyridine rings is 1. The van der Waals surface area contributed by atoms with Crippen LogP contribution in [0.5, 0.6) is 0 Å². The molecule has 4 atom stereocenters. The SMILES string of the molecule is CC(NC(=O)CSc1ncc2ccccn12)C1CC2CCC1C2. The molecule has 2 aromatic rings. The Kier molecular flexibility index (Phi) is 4.05. The maximum absolute atomic E-state index is 12.3. The average Bonchev–Trinajstić information content (AvgIpc) is 3.28. The molecule has 23 heavy (non-hydrogen) atoms. The standard InChI is InChI=1S/C18H23N3OS/c1-12(16-9-13-5-6-14(16)8-13)20-17(22)11-23-18-19-10-15-4-2-3-7-21(15)18/h2-4,7,10,12-14,16H,5-6,8-9,11H2,1H3,(H,20,22). The molecule has 2 aliphatic rings. The number of amides is 1. The van der Waals surface area contributed by atoms with Gasteiger partial charge >= 0.3 is 0 Å². The van der Waals surface area contributed by atoms with Gasteiger partial charge in [0, 0.05) is 12.2 Å². The summed E-state index contributed by atoms with van der Waals surface area (Å²) >= 11 is 1.50. The van der Waals surface area contributed by atoms with E-state index in [0.29, 0.717) is 17.7 Å². The lowest BCUT2D eigenvalue weighted by Crippen LogP contribution is -2.40. The molecule has 2 aromatic heterocycles. The maximum atomic E-state index is 12.3. The van der Waals surface area contributed by atoms with Crippen molar-refractivity contribution in [2.45, 2.75) is 43.8 Å². The maximum Gasteiger partial charge on any atom is 0.230 e. The van der Waals surface area contributed by atoms with Crippen LogP contribution >= 0.6 is 11.8 Å². The predicted molar refractivity (Wildman–Crippen MR) is 92.5 cm³/mol. The fourth-order valence-electron chi connectivity index (χ4n) is 4.47. The third-order valence-electron chi connectivity index (χ3n) is 5.56. The summed E-state index contributed by atoms with van der Waals surface area (Å²) < 4.78 is 2.03. The van der Waals surface area contributed by atoms with Crippen molar-refractivity contribution in [2.24, 2.45) is 17.8 Å². The number of imidazole rings is 1. The van der Waals surface area contributed by atoms with Crippen LogP contribution in [0, 0.1) is 17.8 Å². The van der Waals surface area contributed by atoms with E-state index in [1.54, 1.807) is 0 Å². The van der Waals surface area contributed by atoms with Crippen LogP contribution in [0.1, 0.15) is 32.6 Å². The van der Waals surface area contributed by atoms with Crippen LogP contribution in [0.3, 0.4) is 0 Å². The molecule has 4 unspecified atom stereocenters. The summed E-state index contributed by atoms with van der Waals surface area (Å²) in [7, 11) is 0. The van der Waals surface area contributed by atoms with E-state index in [9.17, 15) is 4.79 Å². The van der Waals surface area contributed by atoms with Crippen LogP contribution < -0.4 is 5.32 Å². The van der Waals surface area contributed by atoms with Crippen LogP contribution in [0.2, 0.25) is 0 Å². The topological polar surface area (TPSA) is 46.4 Å². The van der Waals surface area contributed by atoms with Gasteiger partial charge in [0.1, 0.15) is 0 Å². The van der Waals surface area contributed by atoms with Crippen molar-refractivity contribution in [3.8, 4) is 0 Å². The third-order valence-corrected chi connectivity index (χ3v) is 6.53. The lowest BCUT2D eigenvalue weighted by molar-refractivity contribution is -0.119. The Labute approximate surface area is 141 Å². The van der Waals surface area contributed by atoms with Gasteiger partial charge in [-0.3, -0.25) is 9.20 Å². The molecule has 2 heterocycles. The van der Waals surface area contributed by atoms with Crippen molar-refractivity contribution >= 4 is 23.2 Å². The minimum atomic E-state index is 0.123. The van der Waals surface area contributed by atoms with Gasteiger partial charge in [0.25, 0.3) is 0 Å². The zero-order chi connectivity index (χ0) is 15.8. The molecule has 1 N–H and O–H groups in total. The first kappa shape index (κ1) is 15.1. The van der Waals surface area contributed by atoms with Gasteiger partial charge in [-0.1, -0.05) is 24.2 Å². The quantitative estimate of drug-likeness (QED) is 0.856. The Hall–Kier alpha value is -1.49. The largest absolute Gasteiger partial charge is 0.353 e. The summed E-state index contributed by atoms with van der Waals surface area (Å²) in [4.78, 5) is 16.7. The molecule has 2 fully saturated rings. The molecule has 2 aliphatic carbocycles. The molecule has 0 saturated heterocycles. The number of aromatic nitrogens is 2. The Morgan fingerprint density at radius 1 is 1.43 bits per heavy atom. The second-order valence-electron chi connectivity index (χ2n) is 7.02. The van der Waals surface area contributed by atoms with Gasteiger partial charge in [0.05, 0.1) is 17.5 Å². The molecule has 2 saturated carbocycles. The molecule has 0 radical (unpaired) electrons. The molecule has 0 aliphatic heterocycles. The number of fused-ring (bicyclic) bond motifs is 3. The van der Waals surface area contributed by atoms with E-state index in [1.807, 2.05) is 35.0 Å². The van der Waals surface area contributed by atoms with Gasteiger partial charge in [-0.15, -0.1) is 0 Å². The Bertz CT molecular complexity index is 713. The minimum Gasteiger partial charge on any atom is -0.353 e. The molecule has 5 heteroatoms. The van der Waals surface area contributed by atoms with E-state index in [1.165, 1.54) is 37.4 Å². The normalized spacial score (nSPS) is 27.4. The second kappa shape index (κ2) is 6.19. The summed E-state index contributed by atoms with van der Waals surface area (Å²) in [5, 5.41) is 4.10. The monoisotopic (exact) mass is 329 g/mol. The van der Waals surface area contributed by atoms with E-state index in [0.717, 1.165) is 22.5 Å². The number of nitrogens with one attached hydrogen (secondary N) is 1. The molecule has 2 bridgehead atoms. The first-order valence-corrected chi connectivity index (χ1v) is 9.53. The highest BCUT2D eigenvalue weighted by Crippen LogP contribution is 2.49. The molecule has 122 valence electrons. The minimum absolute atomic E-state index is 0.123. The van der Waals surface area contributed by atoms with Crippen molar-refractivity contribution in [3.05, 3.63) is 30.6 Å². The van der Waals surface area contributed by atoms with Gasteiger partial charge < -0.3 is 5.32 Å². The Morgan fingerprint density at radius 3 is 3.13 bits per heavy atom. The van der Waals surface area contributed by atoms with Crippen LogP contribution in [0.25, 0.3) is 5.52 Å². The number of nitrogens with zero attached hydrogens (tertiary/aromatic N) is 2. The average molecular weight is 329 g/mol. The molecule has 4 nitrogen and oxygen atoms in total. The molecular weight excluding hydrogens is 306 g/mol. The Morgan fingerprint density at radius 2 is 2.35 bits per heavy atom. The van der Waals surface area contributed by atoms with Crippen LogP contribution in [0.15, 0.2) is 35.7 Å². The van der Waals surface area contributed by atoms with Gasteiger partial charge in [0.15, 0.2) is 5.16 Å². The second-order valence-corrected chi connectivity index (χ2v) is 7.96. The fourth-order valence-corrected chi connectivity index (χ4v) is 5.24. The highest BCUT2D eigenvalue weighted by molar-refractivity contribution is 7.99. The number of thioether (sulfide) groups is 1. The van der Waals surface area contributed by atoms with E-state index < -0.39 is 0 Å². The van der Waals surface area contributed by atoms with Crippen molar-refractivity contribution in [1.82, 2.24) is 14.7 Å². The summed E-state index contributed by atoms with van der Waals surface area (Å²) in [5.41, 5.74) is 1.06. The molecule has 4 rings (SSSR count). The summed E-state index contributed by atoms with van der Waals surface area (Å²) in [5.74, 6) is 3.02. The first-order chi connectivity index (χ1) is 11.2. The lowest BCUT2D eigenvalue weighted by atomic mass is 9.84. The summed E-state index contributed by atoms with van der Waals surface area (Å²) in [6.07, 6.45) is 9.30. The van der Waals surface area contributed by atoms with Crippen molar-refractivity contribution in [1.29, 1.82) is 0 Å². The smallest absolute Gasteiger partial charge is 0.230 e. The zero-order valence-electron chi connectivity index (χ0n) is 13.4. The van der Waals surface area contributed by atoms with E-state index in [-0.39, 0.29) is 5.91 Å². The number of hydrogen-bond donors (Lipinski definition) is 1. The number of carbonyl (C=O) groups excluding carboxylic acids is 1. The van der Waals surface area contributed by atoms with Crippen molar-refractivity contribution in [3.63, 3.8) is 0 Å². The van der Waals surface area contributed by atoms with E-state index in [2.05, 4.69) is 17.2 Å². The van der Waals surface area contributed by atoms with Crippen LogP contribution in [-0.4, -0.2) is 27.1 Å². The predicted octanol–water partition coefficient (Wildman–Crippen LogP) is 3.37.